The molecule has 1 aromatic rings. The summed E-state index contributed by atoms with van der Waals surface area (Å²) < 4.78 is 10.7. The fourth-order valence-corrected chi connectivity index (χ4v) is 2.81. The standard InChI is InChI=1S/C18H28N2O3/c1-12(15-8-6-7-9-16(15)22-5)19-13-10-14(11-13)20-17(21)23-18(2,3)4/h6-9,12-14,19H,10-11H2,1-5H3,(H,20,21)/t12-,13?,14?/m0/s1. The van der Waals surface area contributed by atoms with Gasteiger partial charge in [0.25, 0.3) is 0 Å². The number of hydrogen-bond acceptors (Lipinski definition) is 4. The van der Waals surface area contributed by atoms with Crippen molar-refractivity contribution in [3.05, 3.63) is 29.8 Å². The maximum absolute atomic E-state index is 11.7. The lowest BCUT2D eigenvalue weighted by Gasteiger charge is -2.38. The number of ether oxygens (including phenoxy) is 2. The molecule has 1 aliphatic carbocycles. The Morgan fingerprint density at radius 3 is 2.48 bits per heavy atom. The molecule has 0 unspecified atom stereocenters. The Kier molecular flexibility index (Phi) is 5.52. The van der Waals surface area contributed by atoms with Crippen LogP contribution in [0.25, 0.3) is 0 Å². The van der Waals surface area contributed by atoms with E-state index >= 15 is 0 Å². The second kappa shape index (κ2) is 7.21. The first-order chi connectivity index (χ1) is 10.8. The van der Waals surface area contributed by atoms with Crippen LogP contribution >= 0.6 is 0 Å². The van der Waals surface area contributed by atoms with Crippen LogP contribution < -0.4 is 15.4 Å². The predicted molar refractivity (Wildman–Crippen MR) is 90.7 cm³/mol. The lowest BCUT2D eigenvalue weighted by Crippen LogP contribution is -2.53. The lowest BCUT2D eigenvalue weighted by atomic mass is 9.86. The van der Waals surface area contributed by atoms with Crippen LogP contribution in [0.2, 0.25) is 0 Å². The summed E-state index contributed by atoms with van der Waals surface area (Å²) in [6, 6.07) is 8.83. The maximum atomic E-state index is 11.7. The third-order valence-corrected chi connectivity index (χ3v) is 3.95. The first-order valence-electron chi connectivity index (χ1n) is 8.17. The van der Waals surface area contributed by atoms with Gasteiger partial charge in [-0.05, 0) is 46.6 Å². The molecule has 0 heterocycles. The van der Waals surface area contributed by atoms with Crippen LogP contribution in [-0.4, -0.2) is 30.9 Å². The summed E-state index contributed by atoms with van der Waals surface area (Å²) in [5.74, 6) is 0.898. The minimum absolute atomic E-state index is 0.187. The van der Waals surface area contributed by atoms with Gasteiger partial charge >= 0.3 is 6.09 Å². The molecule has 1 aromatic carbocycles. The quantitative estimate of drug-likeness (QED) is 0.873. The number of methoxy groups -OCH3 is 1. The molecule has 0 aliphatic heterocycles. The number of para-hydroxylation sites is 1. The molecule has 1 saturated carbocycles. The Morgan fingerprint density at radius 2 is 1.87 bits per heavy atom. The molecule has 2 N–H and O–H groups in total. The number of nitrogens with one attached hydrogen (secondary N) is 2. The van der Waals surface area contributed by atoms with Crippen LogP contribution in [0.15, 0.2) is 24.3 Å². The van der Waals surface area contributed by atoms with E-state index in [-0.39, 0.29) is 18.2 Å². The molecule has 2 rings (SSSR count). The molecule has 1 aliphatic rings. The highest BCUT2D eigenvalue weighted by molar-refractivity contribution is 5.68. The zero-order chi connectivity index (χ0) is 17.0. The summed E-state index contributed by atoms with van der Waals surface area (Å²) in [4.78, 5) is 11.7. The smallest absolute Gasteiger partial charge is 0.407 e. The zero-order valence-corrected chi connectivity index (χ0v) is 14.7. The average molecular weight is 320 g/mol. The highest BCUT2D eigenvalue weighted by atomic mass is 16.6. The van der Waals surface area contributed by atoms with Gasteiger partial charge in [-0.15, -0.1) is 0 Å². The van der Waals surface area contributed by atoms with Crippen molar-refractivity contribution < 1.29 is 14.3 Å². The van der Waals surface area contributed by atoms with Gasteiger partial charge in [0.2, 0.25) is 0 Å². The Labute approximate surface area is 138 Å². The highest BCUT2D eigenvalue weighted by Crippen LogP contribution is 2.28. The zero-order valence-electron chi connectivity index (χ0n) is 14.7. The normalized spacial score (nSPS) is 22.0. The molecule has 5 nitrogen and oxygen atoms in total. The van der Waals surface area contributed by atoms with E-state index in [1.54, 1.807) is 7.11 Å². The van der Waals surface area contributed by atoms with Gasteiger partial charge < -0.3 is 20.1 Å². The average Bonchev–Trinajstić information content (AvgIpc) is 2.42. The second-order valence-corrected chi connectivity index (χ2v) is 7.14. The van der Waals surface area contributed by atoms with Crippen LogP contribution in [0.1, 0.15) is 52.1 Å². The Balaban J connectivity index is 1.76. The molecule has 23 heavy (non-hydrogen) atoms. The first kappa shape index (κ1) is 17.6. The second-order valence-electron chi connectivity index (χ2n) is 7.14. The van der Waals surface area contributed by atoms with Crippen LogP contribution in [0.3, 0.4) is 0 Å². The fraction of sp³-hybridized carbons (Fsp3) is 0.611. The number of rotatable bonds is 5. The van der Waals surface area contributed by atoms with Gasteiger partial charge in [0, 0.05) is 23.7 Å². The largest absolute Gasteiger partial charge is 0.496 e. The number of hydrogen-bond donors (Lipinski definition) is 2. The molecule has 0 aromatic heterocycles. The van der Waals surface area contributed by atoms with Crippen molar-refractivity contribution in [2.75, 3.05) is 7.11 Å². The minimum atomic E-state index is -0.455. The summed E-state index contributed by atoms with van der Waals surface area (Å²) in [6.45, 7) is 7.73. The predicted octanol–water partition coefficient (Wildman–Crippen LogP) is 3.40. The number of carbonyl (C=O) groups is 1. The van der Waals surface area contributed by atoms with E-state index in [2.05, 4.69) is 23.6 Å². The Morgan fingerprint density at radius 1 is 1.22 bits per heavy atom. The monoisotopic (exact) mass is 320 g/mol. The number of benzene rings is 1. The van der Waals surface area contributed by atoms with Gasteiger partial charge in [0.1, 0.15) is 11.4 Å². The van der Waals surface area contributed by atoms with E-state index < -0.39 is 5.60 Å². The van der Waals surface area contributed by atoms with Gasteiger partial charge in [0.15, 0.2) is 0 Å². The van der Waals surface area contributed by atoms with E-state index in [9.17, 15) is 4.79 Å². The molecular weight excluding hydrogens is 292 g/mol. The SMILES string of the molecule is COc1ccccc1[C@H](C)NC1CC(NC(=O)OC(C)(C)C)C1. The van der Waals surface area contributed by atoms with Crippen molar-refractivity contribution in [3.63, 3.8) is 0 Å². The van der Waals surface area contributed by atoms with Gasteiger partial charge in [-0.3, -0.25) is 0 Å². The van der Waals surface area contributed by atoms with Gasteiger partial charge in [0.05, 0.1) is 7.11 Å². The number of alkyl carbamates (subject to hydrolysis) is 1. The highest BCUT2D eigenvalue weighted by Gasteiger charge is 2.32. The van der Waals surface area contributed by atoms with Crippen LogP contribution in [0.5, 0.6) is 5.75 Å². The van der Waals surface area contributed by atoms with E-state index in [0.29, 0.717) is 6.04 Å². The van der Waals surface area contributed by atoms with Crippen molar-refractivity contribution in [2.45, 2.75) is 64.3 Å². The van der Waals surface area contributed by atoms with Crippen LogP contribution in [0.4, 0.5) is 4.79 Å². The van der Waals surface area contributed by atoms with E-state index in [1.807, 2.05) is 39.0 Å². The molecule has 0 saturated heterocycles. The summed E-state index contributed by atoms with van der Waals surface area (Å²) in [5, 5.41) is 6.50. The van der Waals surface area contributed by atoms with E-state index in [1.165, 1.54) is 0 Å². The van der Waals surface area contributed by atoms with E-state index in [4.69, 9.17) is 9.47 Å². The fourth-order valence-electron chi connectivity index (χ4n) is 2.81. The number of carbonyl (C=O) groups excluding carboxylic acids is 1. The first-order valence-corrected chi connectivity index (χ1v) is 8.17. The van der Waals surface area contributed by atoms with Crippen molar-refractivity contribution in [2.24, 2.45) is 0 Å². The summed E-state index contributed by atoms with van der Waals surface area (Å²) in [6.07, 6.45) is 1.50. The van der Waals surface area contributed by atoms with Crippen molar-refractivity contribution >= 4 is 6.09 Å². The molecule has 1 fully saturated rings. The molecule has 0 bridgehead atoms. The molecule has 1 atom stereocenters. The van der Waals surface area contributed by atoms with Gasteiger partial charge in [-0.2, -0.15) is 0 Å². The lowest BCUT2D eigenvalue weighted by molar-refractivity contribution is 0.0463. The summed E-state index contributed by atoms with van der Waals surface area (Å²) in [7, 11) is 1.69. The van der Waals surface area contributed by atoms with Crippen molar-refractivity contribution in [1.82, 2.24) is 10.6 Å². The molecule has 0 radical (unpaired) electrons. The third kappa shape index (κ3) is 5.13. The summed E-state index contributed by atoms with van der Waals surface area (Å²) >= 11 is 0. The van der Waals surface area contributed by atoms with E-state index in [0.717, 1.165) is 24.2 Å². The Hall–Kier alpha value is -1.75. The third-order valence-electron chi connectivity index (χ3n) is 3.95. The van der Waals surface area contributed by atoms with Crippen LogP contribution in [-0.2, 0) is 4.74 Å². The van der Waals surface area contributed by atoms with Crippen molar-refractivity contribution in [3.8, 4) is 5.75 Å². The van der Waals surface area contributed by atoms with Gasteiger partial charge in [-0.25, -0.2) is 4.79 Å². The minimum Gasteiger partial charge on any atom is -0.496 e. The molecule has 0 spiro atoms. The summed E-state index contributed by atoms with van der Waals surface area (Å²) in [5.41, 5.74) is 0.697. The van der Waals surface area contributed by atoms with Crippen LogP contribution in [0, 0.1) is 0 Å². The molecule has 128 valence electrons. The molecule has 1 amide bonds. The van der Waals surface area contributed by atoms with Gasteiger partial charge in [-0.1, -0.05) is 18.2 Å². The Bertz CT molecular complexity index is 533. The van der Waals surface area contributed by atoms with Crippen molar-refractivity contribution in [1.29, 1.82) is 0 Å². The topological polar surface area (TPSA) is 59.6 Å². The molecule has 5 heteroatoms. The maximum Gasteiger partial charge on any atom is 0.407 e. The molecular formula is C18H28N2O3. The number of amides is 1.